The highest BCUT2D eigenvalue weighted by atomic mass is 32.2. The van der Waals surface area contributed by atoms with E-state index < -0.39 is 34.4 Å². The molecule has 0 bridgehead atoms. The third-order valence-electron chi connectivity index (χ3n) is 4.80. The molecule has 0 aliphatic rings. The van der Waals surface area contributed by atoms with E-state index in [1.807, 2.05) is 19.1 Å². The SMILES string of the molecule is Cc1cccc(NS(=O)(=O)c2cc(C(=O)OCC(=O)NC(=O)Cc3ccccc3)ccc2C)c1. The summed E-state index contributed by atoms with van der Waals surface area (Å²) in [6.07, 6.45) is 0.00759. The number of imide groups is 1. The van der Waals surface area contributed by atoms with Crippen LogP contribution >= 0.6 is 0 Å². The summed E-state index contributed by atoms with van der Waals surface area (Å²) in [5.41, 5.74) is 2.40. The lowest BCUT2D eigenvalue weighted by molar-refractivity contribution is -0.132. The first-order chi connectivity index (χ1) is 16.1. The van der Waals surface area contributed by atoms with Crippen LogP contribution < -0.4 is 10.0 Å². The minimum atomic E-state index is -3.98. The average Bonchev–Trinajstić information content (AvgIpc) is 2.78. The Bertz CT molecular complexity index is 1320. The van der Waals surface area contributed by atoms with Gasteiger partial charge in [-0.3, -0.25) is 19.6 Å². The molecule has 0 fully saturated rings. The van der Waals surface area contributed by atoms with Gasteiger partial charge < -0.3 is 4.74 Å². The maximum atomic E-state index is 12.9. The zero-order valence-corrected chi connectivity index (χ0v) is 19.5. The van der Waals surface area contributed by atoms with Crippen molar-refractivity contribution in [2.45, 2.75) is 25.2 Å². The number of esters is 1. The van der Waals surface area contributed by atoms with Gasteiger partial charge in [-0.1, -0.05) is 48.5 Å². The highest BCUT2D eigenvalue weighted by molar-refractivity contribution is 7.92. The molecular weight excluding hydrogens is 456 g/mol. The summed E-state index contributed by atoms with van der Waals surface area (Å²) in [6.45, 7) is 2.76. The molecule has 0 aromatic heterocycles. The number of sulfonamides is 1. The number of hydrogen-bond donors (Lipinski definition) is 2. The molecular formula is C25H24N2O6S. The molecule has 0 spiro atoms. The van der Waals surface area contributed by atoms with Crippen molar-refractivity contribution in [2.24, 2.45) is 0 Å². The molecule has 3 rings (SSSR count). The van der Waals surface area contributed by atoms with Crippen molar-refractivity contribution < 1.29 is 27.5 Å². The van der Waals surface area contributed by atoms with Crippen molar-refractivity contribution in [2.75, 3.05) is 11.3 Å². The molecule has 0 saturated carbocycles. The fourth-order valence-corrected chi connectivity index (χ4v) is 4.49. The molecule has 2 amide bonds. The van der Waals surface area contributed by atoms with Gasteiger partial charge in [0.2, 0.25) is 5.91 Å². The second-order valence-corrected chi connectivity index (χ2v) is 9.32. The molecule has 3 aromatic carbocycles. The van der Waals surface area contributed by atoms with Gasteiger partial charge in [0.15, 0.2) is 6.61 Å². The van der Waals surface area contributed by atoms with Crippen LogP contribution in [0, 0.1) is 13.8 Å². The Balaban J connectivity index is 1.62. The largest absolute Gasteiger partial charge is 0.452 e. The topological polar surface area (TPSA) is 119 Å². The number of benzene rings is 3. The van der Waals surface area contributed by atoms with Crippen LogP contribution in [-0.2, 0) is 30.8 Å². The van der Waals surface area contributed by atoms with Gasteiger partial charge in [0, 0.05) is 5.69 Å². The fourth-order valence-electron chi connectivity index (χ4n) is 3.17. The molecule has 0 unspecified atom stereocenters. The Labute approximate surface area is 198 Å². The van der Waals surface area contributed by atoms with E-state index in [-0.39, 0.29) is 16.9 Å². The van der Waals surface area contributed by atoms with Crippen LogP contribution in [0.15, 0.2) is 77.7 Å². The van der Waals surface area contributed by atoms with Gasteiger partial charge in [0.1, 0.15) is 0 Å². The fraction of sp³-hybridized carbons (Fsp3) is 0.160. The van der Waals surface area contributed by atoms with Crippen molar-refractivity contribution in [3.8, 4) is 0 Å². The number of carbonyl (C=O) groups is 3. The van der Waals surface area contributed by atoms with Crippen LogP contribution in [0.5, 0.6) is 0 Å². The Morgan fingerprint density at radius 3 is 2.29 bits per heavy atom. The number of amides is 2. The van der Waals surface area contributed by atoms with Gasteiger partial charge >= 0.3 is 5.97 Å². The molecule has 0 aliphatic carbocycles. The van der Waals surface area contributed by atoms with E-state index in [1.165, 1.54) is 18.2 Å². The monoisotopic (exact) mass is 480 g/mol. The van der Waals surface area contributed by atoms with E-state index in [4.69, 9.17) is 4.74 Å². The van der Waals surface area contributed by atoms with E-state index in [2.05, 4.69) is 10.0 Å². The van der Waals surface area contributed by atoms with Gasteiger partial charge in [-0.25, -0.2) is 13.2 Å². The zero-order valence-electron chi connectivity index (χ0n) is 18.7. The quantitative estimate of drug-likeness (QED) is 0.478. The van der Waals surface area contributed by atoms with E-state index in [0.29, 0.717) is 11.3 Å². The molecule has 0 radical (unpaired) electrons. The van der Waals surface area contributed by atoms with Crippen molar-refractivity contribution in [3.63, 3.8) is 0 Å². The van der Waals surface area contributed by atoms with Crippen LogP contribution in [0.3, 0.4) is 0 Å². The van der Waals surface area contributed by atoms with Gasteiger partial charge in [-0.2, -0.15) is 0 Å². The number of aryl methyl sites for hydroxylation is 2. The first kappa shape index (κ1) is 24.7. The molecule has 34 heavy (non-hydrogen) atoms. The maximum absolute atomic E-state index is 12.9. The highest BCUT2D eigenvalue weighted by Crippen LogP contribution is 2.22. The third-order valence-corrected chi connectivity index (χ3v) is 6.33. The Kier molecular flexibility index (Phi) is 7.80. The number of nitrogens with one attached hydrogen (secondary N) is 2. The smallest absolute Gasteiger partial charge is 0.338 e. The average molecular weight is 481 g/mol. The molecule has 0 saturated heterocycles. The van der Waals surface area contributed by atoms with E-state index in [9.17, 15) is 22.8 Å². The highest BCUT2D eigenvalue weighted by Gasteiger charge is 2.21. The Hall–Kier alpha value is -3.98. The summed E-state index contributed by atoms with van der Waals surface area (Å²) >= 11 is 0. The summed E-state index contributed by atoms with van der Waals surface area (Å²) in [5, 5.41) is 2.15. The first-order valence-electron chi connectivity index (χ1n) is 10.4. The molecule has 0 heterocycles. The molecule has 0 aliphatic heterocycles. The van der Waals surface area contributed by atoms with Crippen LogP contribution in [0.1, 0.15) is 27.0 Å². The summed E-state index contributed by atoms with van der Waals surface area (Å²) in [6, 6.07) is 19.8. The second kappa shape index (κ2) is 10.8. The molecule has 8 nitrogen and oxygen atoms in total. The predicted molar refractivity (Wildman–Crippen MR) is 127 cm³/mol. The van der Waals surface area contributed by atoms with Crippen molar-refractivity contribution >= 4 is 33.5 Å². The first-order valence-corrected chi connectivity index (χ1v) is 11.9. The van der Waals surface area contributed by atoms with Crippen LogP contribution in [0.25, 0.3) is 0 Å². The maximum Gasteiger partial charge on any atom is 0.338 e. The molecule has 3 aromatic rings. The van der Waals surface area contributed by atoms with Gasteiger partial charge in [0.05, 0.1) is 16.9 Å². The van der Waals surface area contributed by atoms with Gasteiger partial charge in [-0.15, -0.1) is 0 Å². The van der Waals surface area contributed by atoms with Crippen molar-refractivity contribution in [3.05, 3.63) is 95.1 Å². The van der Waals surface area contributed by atoms with E-state index in [0.717, 1.165) is 11.1 Å². The third kappa shape index (κ3) is 6.76. The van der Waals surface area contributed by atoms with Crippen molar-refractivity contribution in [1.82, 2.24) is 5.32 Å². The summed E-state index contributed by atoms with van der Waals surface area (Å²) in [5.74, 6) is -2.20. The molecule has 9 heteroatoms. The molecule has 176 valence electrons. The summed E-state index contributed by atoms with van der Waals surface area (Å²) in [7, 11) is -3.98. The number of carbonyl (C=O) groups excluding carboxylic acids is 3. The van der Waals surface area contributed by atoms with E-state index >= 15 is 0 Å². The number of hydrogen-bond acceptors (Lipinski definition) is 6. The zero-order chi connectivity index (χ0) is 24.7. The molecule has 0 atom stereocenters. The minimum Gasteiger partial charge on any atom is -0.452 e. The number of rotatable bonds is 8. The van der Waals surface area contributed by atoms with Crippen molar-refractivity contribution in [1.29, 1.82) is 0 Å². The van der Waals surface area contributed by atoms with Crippen LogP contribution in [0.4, 0.5) is 5.69 Å². The van der Waals surface area contributed by atoms with Crippen LogP contribution in [0.2, 0.25) is 0 Å². The number of ether oxygens (including phenoxy) is 1. The lowest BCUT2D eigenvalue weighted by atomic mass is 10.1. The Morgan fingerprint density at radius 2 is 1.59 bits per heavy atom. The van der Waals surface area contributed by atoms with Gasteiger partial charge in [0.25, 0.3) is 15.9 Å². The second-order valence-electron chi connectivity index (χ2n) is 7.67. The lowest BCUT2D eigenvalue weighted by Gasteiger charge is -2.12. The number of anilines is 1. The summed E-state index contributed by atoms with van der Waals surface area (Å²) < 4.78 is 33.2. The lowest BCUT2D eigenvalue weighted by Crippen LogP contribution is -2.35. The molecule has 2 N–H and O–H groups in total. The minimum absolute atomic E-state index is 0.00759. The van der Waals surface area contributed by atoms with Gasteiger partial charge in [-0.05, 0) is 54.8 Å². The van der Waals surface area contributed by atoms with E-state index in [1.54, 1.807) is 49.4 Å². The normalized spacial score (nSPS) is 10.9. The summed E-state index contributed by atoms with van der Waals surface area (Å²) in [4.78, 5) is 36.3. The van der Waals surface area contributed by atoms with Crippen LogP contribution in [-0.4, -0.2) is 32.8 Å². The Morgan fingerprint density at radius 1 is 0.853 bits per heavy atom. The predicted octanol–water partition coefficient (Wildman–Crippen LogP) is 3.15. The standard InChI is InChI=1S/C25H24N2O6S/c1-17-7-6-10-21(13-17)27-34(31,32)22-15-20(12-11-18(22)2)25(30)33-16-24(29)26-23(28)14-19-8-4-3-5-9-19/h3-13,15,27H,14,16H2,1-2H3,(H,26,28,29).